The van der Waals surface area contributed by atoms with E-state index >= 15 is 0 Å². The maximum Gasteiger partial charge on any atom is 0.303 e. The summed E-state index contributed by atoms with van der Waals surface area (Å²) in [6, 6.07) is 5.34. The van der Waals surface area contributed by atoms with Gasteiger partial charge in [-0.2, -0.15) is 0 Å². The van der Waals surface area contributed by atoms with Crippen molar-refractivity contribution in [3.63, 3.8) is 0 Å². The Kier molecular flexibility index (Phi) is 4.67. The van der Waals surface area contributed by atoms with E-state index in [1.165, 1.54) is 0 Å². The van der Waals surface area contributed by atoms with E-state index in [1.54, 1.807) is 31.3 Å². The summed E-state index contributed by atoms with van der Waals surface area (Å²) in [6.45, 7) is 1.03. The SMILES string of the molecule is COc1ccc(CC(=O)N2CC(CC(=O)O)C2)c(OC)c1. The monoisotopic (exact) mass is 293 g/mol. The van der Waals surface area contributed by atoms with Gasteiger partial charge in [-0.15, -0.1) is 0 Å². The fraction of sp³-hybridized carbons (Fsp3) is 0.467. The van der Waals surface area contributed by atoms with E-state index in [2.05, 4.69) is 0 Å². The molecule has 0 bridgehead atoms. The van der Waals surface area contributed by atoms with Crippen molar-refractivity contribution in [3.8, 4) is 11.5 Å². The summed E-state index contributed by atoms with van der Waals surface area (Å²) in [4.78, 5) is 24.4. The van der Waals surface area contributed by atoms with Crippen LogP contribution in [0.3, 0.4) is 0 Å². The predicted octanol–water partition coefficient (Wildman–Crippen LogP) is 1.18. The van der Waals surface area contributed by atoms with Gasteiger partial charge in [-0.1, -0.05) is 6.07 Å². The van der Waals surface area contributed by atoms with Crippen molar-refractivity contribution in [2.24, 2.45) is 5.92 Å². The number of likely N-dealkylation sites (tertiary alicyclic amines) is 1. The van der Waals surface area contributed by atoms with E-state index in [-0.39, 0.29) is 24.7 Å². The Morgan fingerprint density at radius 3 is 2.57 bits per heavy atom. The molecule has 1 aliphatic heterocycles. The van der Waals surface area contributed by atoms with Crippen molar-refractivity contribution >= 4 is 11.9 Å². The number of nitrogens with zero attached hydrogens (tertiary/aromatic N) is 1. The molecule has 1 amide bonds. The third-order valence-electron chi connectivity index (χ3n) is 3.61. The molecule has 1 saturated heterocycles. The van der Waals surface area contributed by atoms with Crippen LogP contribution in [0.2, 0.25) is 0 Å². The molecule has 1 aromatic rings. The van der Waals surface area contributed by atoms with Crippen LogP contribution in [-0.2, 0) is 16.0 Å². The molecule has 0 saturated carbocycles. The molecule has 0 atom stereocenters. The normalized spacial score (nSPS) is 14.5. The second-order valence-electron chi connectivity index (χ2n) is 5.12. The molecule has 0 radical (unpaired) electrons. The summed E-state index contributed by atoms with van der Waals surface area (Å²) in [5, 5.41) is 8.69. The highest BCUT2D eigenvalue weighted by molar-refractivity contribution is 5.80. The first-order chi connectivity index (χ1) is 10.0. The molecule has 1 aromatic carbocycles. The van der Waals surface area contributed by atoms with Gasteiger partial charge in [0.05, 0.1) is 27.1 Å². The van der Waals surface area contributed by atoms with Crippen LogP contribution < -0.4 is 9.47 Å². The van der Waals surface area contributed by atoms with Gasteiger partial charge < -0.3 is 19.5 Å². The minimum atomic E-state index is -0.816. The number of benzene rings is 1. The van der Waals surface area contributed by atoms with Crippen molar-refractivity contribution in [3.05, 3.63) is 23.8 Å². The summed E-state index contributed by atoms with van der Waals surface area (Å²) in [6.07, 6.45) is 0.364. The number of carbonyl (C=O) groups excluding carboxylic acids is 1. The van der Waals surface area contributed by atoms with Crippen LogP contribution in [0.4, 0.5) is 0 Å². The highest BCUT2D eigenvalue weighted by atomic mass is 16.5. The van der Waals surface area contributed by atoms with Gasteiger partial charge in [-0.3, -0.25) is 9.59 Å². The summed E-state index contributed by atoms with van der Waals surface area (Å²) < 4.78 is 10.4. The van der Waals surface area contributed by atoms with Gasteiger partial charge in [0, 0.05) is 30.6 Å². The Bertz CT molecular complexity index is 537. The Hall–Kier alpha value is -2.24. The number of carbonyl (C=O) groups is 2. The van der Waals surface area contributed by atoms with Crippen LogP contribution in [0.5, 0.6) is 11.5 Å². The Morgan fingerprint density at radius 2 is 2.00 bits per heavy atom. The Morgan fingerprint density at radius 1 is 1.29 bits per heavy atom. The maximum atomic E-state index is 12.1. The molecule has 1 aliphatic rings. The molecule has 0 aliphatic carbocycles. The van der Waals surface area contributed by atoms with Gasteiger partial charge in [0.25, 0.3) is 0 Å². The van der Waals surface area contributed by atoms with Gasteiger partial charge in [0.15, 0.2) is 0 Å². The number of ether oxygens (including phenoxy) is 2. The summed E-state index contributed by atoms with van der Waals surface area (Å²) in [5.41, 5.74) is 0.796. The third kappa shape index (κ3) is 3.65. The van der Waals surface area contributed by atoms with Crippen LogP contribution >= 0.6 is 0 Å². The number of hydrogen-bond acceptors (Lipinski definition) is 4. The minimum absolute atomic E-state index is 0.0138. The number of carboxylic acids is 1. The molecular formula is C15H19NO5. The number of aliphatic carboxylic acids is 1. The zero-order valence-corrected chi connectivity index (χ0v) is 12.2. The van der Waals surface area contributed by atoms with E-state index in [9.17, 15) is 9.59 Å². The standard InChI is InChI=1S/C15H19NO5/c1-20-12-4-3-11(13(7-12)21-2)6-14(17)16-8-10(9-16)5-15(18)19/h3-4,7,10H,5-6,8-9H2,1-2H3,(H,18,19). The van der Waals surface area contributed by atoms with E-state index in [0.717, 1.165) is 5.56 Å². The largest absolute Gasteiger partial charge is 0.497 e. The topological polar surface area (TPSA) is 76.1 Å². The highest BCUT2D eigenvalue weighted by Gasteiger charge is 2.32. The van der Waals surface area contributed by atoms with E-state index in [0.29, 0.717) is 24.6 Å². The molecule has 1 N–H and O–H groups in total. The van der Waals surface area contributed by atoms with Crippen molar-refractivity contribution in [2.75, 3.05) is 27.3 Å². The highest BCUT2D eigenvalue weighted by Crippen LogP contribution is 2.27. The molecule has 1 fully saturated rings. The van der Waals surface area contributed by atoms with Crippen LogP contribution in [0, 0.1) is 5.92 Å². The molecule has 0 aromatic heterocycles. The lowest BCUT2D eigenvalue weighted by Gasteiger charge is -2.38. The van der Waals surface area contributed by atoms with Crippen LogP contribution in [0.15, 0.2) is 18.2 Å². The van der Waals surface area contributed by atoms with Gasteiger partial charge in [-0.05, 0) is 6.07 Å². The molecule has 2 rings (SSSR count). The van der Waals surface area contributed by atoms with Crippen molar-refractivity contribution in [1.82, 2.24) is 4.90 Å². The zero-order chi connectivity index (χ0) is 15.4. The molecule has 1 heterocycles. The first-order valence-electron chi connectivity index (χ1n) is 6.74. The lowest BCUT2D eigenvalue weighted by atomic mass is 9.95. The van der Waals surface area contributed by atoms with Gasteiger partial charge >= 0.3 is 5.97 Å². The summed E-state index contributed by atoms with van der Waals surface area (Å²) >= 11 is 0. The molecule has 0 unspecified atom stereocenters. The second kappa shape index (κ2) is 6.47. The molecule has 21 heavy (non-hydrogen) atoms. The summed E-state index contributed by atoms with van der Waals surface area (Å²) in [5.74, 6) is 0.534. The molecule has 114 valence electrons. The summed E-state index contributed by atoms with van der Waals surface area (Å²) in [7, 11) is 3.12. The number of rotatable bonds is 6. The average molecular weight is 293 g/mol. The average Bonchev–Trinajstić information content (AvgIpc) is 2.42. The fourth-order valence-electron chi connectivity index (χ4n) is 2.42. The number of methoxy groups -OCH3 is 2. The molecule has 6 nitrogen and oxygen atoms in total. The maximum absolute atomic E-state index is 12.1. The van der Waals surface area contributed by atoms with Crippen molar-refractivity contribution < 1.29 is 24.2 Å². The van der Waals surface area contributed by atoms with E-state index in [1.807, 2.05) is 6.07 Å². The Labute approximate surface area is 123 Å². The number of amides is 1. The molecule has 0 spiro atoms. The molecule has 6 heteroatoms. The van der Waals surface area contributed by atoms with Gasteiger partial charge in [0.1, 0.15) is 11.5 Å². The zero-order valence-electron chi connectivity index (χ0n) is 12.2. The van der Waals surface area contributed by atoms with Crippen LogP contribution in [0.1, 0.15) is 12.0 Å². The first-order valence-corrected chi connectivity index (χ1v) is 6.74. The minimum Gasteiger partial charge on any atom is -0.497 e. The number of hydrogen-bond donors (Lipinski definition) is 1. The van der Waals surface area contributed by atoms with E-state index in [4.69, 9.17) is 14.6 Å². The van der Waals surface area contributed by atoms with Crippen molar-refractivity contribution in [1.29, 1.82) is 0 Å². The van der Waals surface area contributed by atoms with Crippen molar-refractivity contribution in [2.45, 2.75) is 12.8 Å². The fourth-order valence-corrected chi connectivity index (χ4v) is 2.42. The van der Waals surface area contributed by atoms with Gasteiger partial charge in [0.2, 0.25) is 5.91 Å². The third-order valence-corrected chi connectivity index (χ3v) is 3.61. The van der Waals surface area contributed by atoms with Gasteiger partial charge in [-0.25, -0.2) is 0 Å². The quantitative estimate of drug-likeness (QED) is 0.852. The lowest BCUT2D eigenvalue weighted by Crippen LogP contribution is -2.51. The predicted molar refractivity (Wildman–Crippen MR) is 75.6 cm³/mol. The smallest absolute Gasteiger partial charge is 0.303 e. The first kappa shape index (κ1) is 15.2. The van der Waals surface area contributed by atoms with Crippen LogP contribution in [-0.4, -0.2) is 49.2 Å². The second-order valence-corrected chi connectivity index (χ2v) is 5.12. The lowest BCUT2D eigenvalue weighted by molar-refractivity contribution is -0.144. The Balaban J connectivity index is 1.93. The number of carboxylic acid groups (broad SMARTS) is 1. The van der Waals surface area contributed by atoms with Crippen LogP contribution in [0.25, 0.3) is 0 Å². The van der Waals surface area contributed by atoms with E-state index < -0.39 is 5.97 Å². The molecular weight excluding hydrogens is 274 g/mol.